The van der Waals surface area contributed by atoms with Crippen molar-refractivity contribution >= 4 is 28.9 Å². The van der Waals surface area contributed by atoms with Crippen molar-refractivity contribution in [1.82, 2.24) is 0 Å². The number of ether oxygens (including phenoxy) is 1. The molecule has 2 amide bonds. The highest BCUT2D eigenvalue weighted by atomic mass is 16.5. The number of hydrogen-bond donors (Lipinski definition) is 3. The molecule has 6 nitrogen and oxygen atoms in total. The summed E-state index contributed by atoms with van der Waals surface area (Å²) in [5.41, 5.74) is 2.13. The van der Waals surface area contributed by atoms with E-state index < -0.39 is 0 Å². The minimum absolute atomic E-state index is 0.0336. The van der Waals surface area contributed by atoms with E-state index in [1.54, 1.807) is 24.3 Å². The Morgan fingerprint density at radius 2 is 1.54 bits per heavy atom. The van der Waals surface area contributed by atoms with E-state index in [4.69, 9.17) is 4.74 Å². The SMILES string of the molecule is CCCCOc1cccc(NCC(=O)Nc2cccc(NC(=O)CCC)c2)c1. The van der Waals surface area contributed by atoms with Crippen molar-refractivity contribution in [3.63, 3.8) is 0 Å². The van der Waals surface area contributed by atoms with E-state index >= 15 is 0 Å². The van der Waals surface area contributed by atoms with E-state index in [0.29, 0.717) is 24.4 Å². The maximum atomic E-state index is 12.2. The summed E-state index contributed by atoms with van der Waals surface area (Å²) in [5.74, 6) is 0.581. The summed E-state index contributed by atoms with van der Waals surface area (Å²) in [6.45, 7) is 4.89. The lowest BCUT2D eigenvalue weighted by Crippen LogP contribution is -2.21. The molecule has 0 radical (unpaired) electrons. The number of benzene rings is 2. The van der Waals surface area contributed by atoms with Gasteiger partial charge in [0.2, 0.25) is 11.8 Å². The van der Waals surface area contributed by atoms with Crippen molar-refractivity contribution in [3.8, 4) is 5.75 Å². The molecule has 0 unspecified atom stereocenters. The molecular weight excluding hydrogens is 354 g/mol. The number of amides is 2. The highest BCUT2D eigenvalue weighted by Gasteiger charge is 2.05. The smallest absolute Gasteiger partial charge is 0.243 e. The Balaban J connectivity index is 1.84. The molecule has 0 saturated carbocycles. The fourth-order valence-electron chi connectivity index (χ4n) is 2.54. The fraction of sp³-hybridized carbons (Fsp3) is 0.364. The Morgan fingerprint density at radius 3 is 2.25 bits per heavy atom. The molecule has 0 aliphatic heterocycles. The monoisotopic (exact) mass is 383 g/mol. The second kappa shape index (κ2) is 11.6. The molecule has 0 heterocycles. The summed E-state index contributed by atoms with van der Waals surface area (Å²) in [4.78, 5) is 23.9. The Hall–Kier alpha value is -3.02. The third kappa shape index (κ3) is 7.70. The summed E-state index contributed by atoms with van der Waals surface area (Å²) in [6, 6.07) is 14.7. The fourth-order valence-corrected chi connectivity index (χ4v) is 2.54. The topological polar surface area (TPSA) is 79.5 Å². The lowest BCUT2D eigenvalue weighted by Gasteiger charge is -2.11. The van der Waals surface area contributed by atoms with Gasteiger partial charge in [-0.3, -0.25) is 9.59 Å². The Labute approximate surface area is 166 Å². The van der Waals surface area contributed by atoms with Crippen LogP contribution in [0.3, 0.4) is 0 Å². The minimum atomic E-state index is -0.172. The quantitative estimate of drug-likeness (QED) is 0.493. The number of nitrogens with one attached hydrogen (secondary N) is 3. The van der Waals surface area contributed by atoms with E-state index in [2.05, 4.69) is 22.9 Å². The Bertz CT molecular complexity index is 777. The zero-order valence-electron chi connectivity index (χ0n) is 16.6. The number of carbonyl (C=O) groups excluding carboxylic acids is 2. The predicted molar refractivity (Wildman–Crippen MR) is 114 cm³/mol. The Kier molecular flexibility index (Phi) is 8.85. The lowest BCUT2D eigenvalue weighted by molar-refractivity contribution is -0.116. The highest BCUT2D eigenvalue weighted by molar-refractivity contribution is 5.95. The van der Waals surface area contributed by atoms with Crippen LogP contribution in [-0.2, 0) is 9.59 Å². The highest BCUT2D eigenvalue weighted by Crippen LogP contribution is 2.18. The van der Waals surface area contributed by atoms with Crippen molar-refractivity contribution in [2.75, 3.05) is 29.1 Å². The van der Waals surface area contributed by atoms with Gasteiger partial charge in [-0.2, -0.15) is 0 Å². The van der Waals surface area contributed by atoms with Crippen LogP contribution in [0.25, 0.3) is 0 Å². The number of hydrogen-bond acceptors (Lipinski definition) is 4. The van der Waals surface area contributed by atoms with Gasteiger partial charge in [-0.25, -0.2) is 0 Å². The zero-order valence-corrected chi connectivity index (χ0v) is 16.6. The van der Waals surface area contributed by atoms with Crippen LogP contribution in [0.2, 0.25) is 0 Å². The first kappa shape index (κ1) is 21.3. The van der Waals surface area contributed by atoms with Crippen LogP contribution in [0.1, 0.15) is 39.5 Å². The third-order valence-corrected chi connectivity index (χ3v) is 3.96. The van der Waals surface area contributed by atoms with E-state index in [1.165, 1.54) is 0 Å². The zero-order chi connectivity index (χ0) is 20.2. The number of unbranched alkanes of at least 4 members (excludes halogenated alkanes) is 1. The molecule has 6 heteroatoms. The maximum Gasteiger partial charge on any atom is 0.243 e. The summed E-state index contributed by atoms with van der Waals surface area (Å²) in [7, 11) is 0. The minimum Gasteiger partial charge on any atom is -0.494 e. The van der Waals surface area contributed by atoms with E-state index in [-0.39, 0.29) is 18.4 Å². The first-order valence-corrected chi connectivity index (χ1v) is 9.77. The normalized spacial score (nSPS) is 10.2. The number of carbonyl (C=O) groups is 2. The van der Waals surface area contributed by atoms with Gasteiger partial charge in [0.1, 0.15) is 5.75 Å². The average Bonchev–Trinajstić information content (AvgIpc) is 2.67. The standard InChI is InChI=1S/C22H29N3O3/c1-3-5-13-28-20-12-7-9-17(15-20)23-16-22(27)25-19-11-6-10-18(14-19)24-21(26)8-4-2/h6-7,9-12,14-15,23H,3-5,8,13,16H2,1-2H3,(H,24,26)(H,25,27). The van der Waals surface area contributed by atoms with Gasteiger partial charge in [0, 0.05) is 29.5 Å². The van der Waals surface area contributed by atoms with Gasteiger partial charge in [-0.05, 0) is 43.2 Å². The van der Waals surface area contributed by atoms with Crippen molar-refractivity contribution in [2.45, 2.75) is 39.5 Å². The predicted octanol–water partition coefficient (Wildman–Crippen LogP) is 4.65. The van der Waals surface area contributed by atoms with Crippen molar-refractivity contribution in [1.29, 1.82) is 0 Å². The van der Waals surface area contributed by atoms with Gasteiger partial charge in [0.25, 0.3) is 0 Å². The molecule has 0 aromatic heterocycles. The number of rotatable bonds is 11. The van der Waals surface area contributed by atoms with Crippen molar-refractivity contribution in [2.24, 2.45) is 0 Å². The molecule has 0 atom stereocenters. The number of anilines is 3. The molecule has 0 fully saturated rings. The van der Waals surface area contributed by atoms with Crippen LogP contribution in [0.15, 0.2) is 48.5 Å². The summed E-state index contributed by atoms with van der Waals surface area (Å²) in [6.07, 6.45) is 3.36. The van der Waals surface area contributed by atoms with Crippen LogP contribution in [0, 0.1) is 0 Å². The van der Waals surface area contributed by atoms with Gasteiger partial charge in [-0.1, -0.05) is 32.4 Å². The molecule has 2 rings (SSSR count). The molecule has 0 aliphatic carbocycles. The van der Waals surface area contributed by atoms with Crippen LogP contribution in [-0.4, -0.2) is 25.0 Å². The lowest BCUT2D eigenvalue weighted by atomic mass is 10.2. The molecule has 28 heavy (non-hydrogen) atoms. The first-order valence-electron chi connectivity index (χ1n) is 9.77. The van der Waals surface area contributed by atoms with Crippen molar-refractivity contribution < 1.29 is 14.3 Å². The van der Waals surface area contributed by atoms with Gasteiger partial charge in [-0.15, -0.1) is 0 Å². The van der Waals surface area contributed by atoms with Crippen LogP contribution in [0.4, 0.5) is 17.1 Å². The second-order valence-corrected chi connectivity index (χ2v) is 6.51. The second-order valence-electron chi connectivity index (χ2n) is 6.51. The molecule has 2 aromatic rings. The molecule has 2 aromatic carbocycles. The van der Waals surface area contributed by atoms with Crippen LogP contribution < -0.4 is 20.7 Å². The van der Waals surface area contributed by atoms with Gasteiger partial charge < -0.3 is 20.7 Å². The summed E-state index contributed by atoms with van der Waals surface area (Å²) in [5, 5.41) is 8.75. The Morgan fingerprint density at radius 1 is 0.857 bits per heavy atom. The molecule has 0 bridgehead atoms. The van der Waals surface area contributed by atoms with Gasteiger partial charge >= 0.3 is 0 Å². The third-order valence-electron chi connectivity index (χ3n) is 3.96. The average molecular weight is 383 g/mol. The van der Waals surface area contributed by atoms with Crippen LogP contribution >= 0.6 is 0 Å². The van der Waals surface area contributed by atoms with E-state index in [9.17, 15) is 9.59 Å². The first-order chi connectivity index (χ1) is 13.6. The molecular formula is C22H29N3O3. The van der Waals surface area contributed by atoms with Gasteiger partial charge in [0.05, 0.1) is 13.2 Å². The maximum absolute atomic E-state index is 12.2. The van der Waals surface area contributed by atoms with Crippen molar-refractivity contribution in [3.05, 3.63) is 48.5 Å². The molecule has 0 spiro atoms. The van der Waals surface area contributed by atoms with Gasteiger partial charge in [0.15, 0.2) is 0 Å². The van der Waals surface area contributed by atoms with Crippen LogP contribution in [0.5, 0.6) is 5.75 Å². The van der Waals surface area contributed by atoms with E-state index in [0.717, 1.165) is 30.7 Å². The summed E-state index contributed by atoms with van der Waals surface area (Å²) < 4.78 is 5.68. The molecule has 150 valence electrons. The largest absolute Gasteiger partial charge is 0.494 e. The van der Waals surface area contributed by atoms with E-state index in [1.807, 2.05) is 31.2 Å². The molecule has 0 saturated heterocycles. The molecule has 0 aliphatic rings. The summed E-state index contributed by atoms with van der Waals surface area (Å²) >= 11 is 0. The molecule has 3 N–H and O–H groups in total.